The largest absolute Gasteiger partial charge is 0.361 e. The van der Waals surface area contributed by atoms with Gasteiger partial charge >= 0.3 is 0 Å². The van der Waals surface area contributed by atoms with Crippen LogP contribution in [-0.2, 0) is 6.54 Å². The molecule has 15 heavy (non-hydrogen) atoms. The van der Waals surface area contributed by atoms with Crippen LogP contribution < -0.4 is 5.32 Å². The van der Waals surface area contributed by atoms with Crippen molar-refractivity contribution >= 4 is 0 Å². The number of aryl methyl sites for hydroxylation is 2. The van der Waals surface area contributed by atoms with Gasteiger partial charge < -0.3 is 9.84 Å². The van der Waals surface area contributed by atoms with Gasteiger partial charge in [0.05, 0.1) is 5.69 Å². The molecule has 0 radical (unpaired) electrons. The van der Waals surface area contributed by atoms with Gasteiger partial charge in [0, 0.05) is 18.2 Å². The first-order valence-electron chi connectivity index (χ1n) is 5.47. The summed E-state index contributed by atoms with van der Waals surface area (Å²) in [6.07, 6.45) is 0. The van der Waals surface area contributed by atoms with Gasteiger partial charge in [0.15, 0.2) is 0 Å². The van der Waals surface area contributed by atoms with Gasteiger partial charge in [-0.05, 0) is 26.2 Å². The standard InChI is InChI=1S/C12H22N2O/c1-8-11(9(2)15-14-8)7-13-10(3)12(4,5)6/h10,13H,7H2,1-6H3. The summed E-state index contributed by atoms with van der Waals surface area (Å²) in [6.45, 7) is 13.7. The molecule has 1 atom stereocenters. The van der Waals surface area contributed by atoms with Crippen LogP contribution in [0.1, 0.15) is 44.7 Å². The Morgan fingerprint density at radius 1 is 1.33 bits per heavy atom. The van der Waals surface area contributed by atoms with Gasteiger partial charge in [-0.15, -0.1) is 0 Å². The van der Waals surface area contributed by atoms with Gasteiger partial charge in [-0.3, -0.25) is 0 Å². The first-order chi connectivity index (χ1) is 6.82. The van der Waals surface area contributed by atoms with Crippen LogP contribution in [0.5, 0.6) is 0 Å². The van der Waals surface area contributed by atoms with Crippen molar-refractivity contribution in [3.05, 3.63) is 17.0 Å². The topological polar surface area (TPSA) is 38.1 Å². The Bertz CT molecular complexity index is 303. The van der Waals surface area contributed by atoms with E-state index in [1.54, 1.807) is 0 Å². The van der Waals surface area contributed by atoms with Crippen LogP contribution in [-0.4, -0.2) is 11.2 Å². The molecule has 0 fully saturated rings. The fraction of sp³-hybridized carbons (Fsp3) is 0.750. The molecule has 1 N–H and O–H groups in total. The van der Waals surface area contributed by atoms with Gasteiger partial charge in [0.25, 0.3) is 0 Å². The van der Waals surface area contributed by atoms with Crippen LogP contribution >= 0.6 is 0 Å². The normalized spacial score (nSPS) is 14.3. The summed E-state index contributed by atoms with van der Waals surface area (Å²) in [4.78, 5) is 0. The van der Waals surface area contributed by atoms with Crippen molar-refractivity contribution in [2.45, 2.75) is 54.1 Å². The Kier molecular flexibility index (Phi) is 3.55. The molecule has 1 heterocycles. The van der Waals surface area contributed by atoms with Crippen molar-refractivity contribution in [2.75, 3.05) is 0 Å². The molecule has 1 aromatic heterocycles. The van der Waals surface area contributed by atoms with E-state index >= 15 is 0 Å². The van der Waals surface area contributed by atoms with Crippen LogP contribution in [0.2, 0.25) is 0 Å². The molecule has 3 heteroatoms. The quantitative estimate of drug-likeness (QED) is 0.833. The number of hydrogen-bond donors (Lipinski definition) is 1. The molecule has 0 aliphatic heterocycles. The maximum Gasteiger partial charge on any atom is 0.138 e. The lowest BCUT2D eigenvalue weighted by Crippen LogP contribution is -2.37. The van der Waals surface area contributed by atoms with Crippen molar-refractivity contribution < 1.29 is 4.52 Å². The molecule has 86 valence electrons. The zero-order chi connectivity index (χ0) is 11.6. The second kappa shape index (κ2) is 4.35. The van der Waals surface area contributed by atoms with Crippen LogP contribution in [0.15, 0.2) is 4.52 Å². The highest BCUT2D eigenvalue weighted by molar-refractivity contribution is 5.20. The van der Waals surface area contributed by atoms with Gasteiger partial charge in [-0.25, -0.2) is 0 Å². The minimum Gasteiger partial charge on any atom is -0.361 e. The van der Waals surface area contributed by atoms with Gasteiger partial charge in [0.1, 0.15) is 5.76 Å². The lowest BCUT2D eigenvalue weighted by atomic mass is 9.88. The first-order valence-corrected chi connectivity index (χ1v) is 5.47. The predicted molar refractivity (Wildman–Crippen MR) is 61.7 cm³/mol. The molecule has 0 amide bonds. The molecule has 0 saturated carbocycles. The van der Waals surface area contributed by atoms with Crippen molar-refractivity contribution in [3.8, 4) is 0 Å². The lowest BCUT2D eigenvalue weighted by molar-refractivity contribution is 0.284. The number of hydrogen-bond acceptors (Lipinski definition) is 3. The third-order valence-corrected chi connectivity index (χ3v) is 3.07. The van der Waals surface area contributed by atoms with Gasteiger partial charge in [-0.1, -0.05) is 25.9 Å². The monoisotopic (exact) mass is 210 g/mol. The summed E-state index contributed by atoms with van der Waals surface area (Å²) in [7, 11) is 0. The van der Waals surface area contributed by atoms with Crippen molar-refractivity contribution in [1.82, 2.24) is 10.5 Å². The molecule has 1 aromatic rings. The molecule has 1 rings (SSSR count). The first kappa shape index (κ1) is 12.2. The van der Waals surface area contributed by atoms with Crippen molar-refractivity contribution in [1.29, 1.82) is 0 Å². The third-order valence-electron chi connectivity index (χ3n) is 3.07. The Morgan fingerprint density at radius 2 is 1.93 bits per heavy atom. The lowest BCUT2D eigenvalue weighted by Gasteiger charge is -2.28. The van der Waals surface area contributed by atoms with E-state index in [9.17, 15) is 0 Å². The van der Waals surface area contributed by atoms with Gasteiger partial charge in [0.2, 0.25) is 0 Å². The molecule has 0 aliphatic rings. The van der Waals surface area contributed by atoms with E-state index in [-0.39, 0.29) is 5.41 Å². The molecular weight excluding hydrogens is 188 g/mol. The average Bonchev–Trinajstić information content (AvgIpc) is 2.41. The van der Waals surface area contributed by atoms with E-state index in [0.717, 1.165) is 18.0 Å². The van der Waals surface area contributed by atoms with E-state index in [1.165, 1.54) is 5.56 Å². The summed E-state index contributed by atoms with van der Waals surface area (Å²) in [5.74, 6) is 0.918. The van der Waals surface area contributed by atoms with E-state index in [4.69, 9.17) is 4.52 Å². The minimum atomic E-state index is 0.277. The number of nitrogens with zero attached hydrogens (tertiary/aromatic N) is 1. The summed E-state index contributed by atoms with van der Waals surface area (Å²) < 4.78 is 5.12. The van der Waals surface area contributed by atoms with Crippen LogP contribution in [0.4, 0.5) is 0 Å². The molecule has 0 aromatic carbocycles. The van der Waals surface area contributed by atoms with E-state index in [1.807, 2.05) is 13.8 Å². The minimum absolute atomic E-state index is 0.277. The maximum atomic E-state index is 5.12. The zero-order valence-electron chi connectivity index (χ0n) is 10.6. The Balaban J connectivity index is 2.58. The summed E-state index contributed by atoms with van der Waals surface area (Å²) in [5, 5.41) is 7.45. The molecule has 0 bridgehead atoms. The molecule has 0 spiro atoms. The Hall–Kier alpha value is -0.830. The average molecular weight is 210 g/mol. The highest BCUT2D eigenvalue weighted by Gasteiger charge is 2.20. The molecular formula is C12H22N2O. The number of nitrogens with one attached hydrogen (secondary N) is 1. The Morgan fingerprint density at radius 3 is 2.33 bits per heavy atom. The third kappa shape index (κ3) is 3.06. The number of rotatable bonds is 3. The van der Waals surface area contributed by atoms with Crippen LogP contribution in [0.25, 0.3) is 0 Å². The fourth-order valence-corrected chi connectivity index (χ4v) is 1.32. The summed E-state index contributed by atoms with van der Waals surface area (Å²) >= 11 is 0. The van der Waals surface area contributed by atoms with E-state index < -0.39 is 0 Å². The van der Waals surface area contributed by atoms with Crippen molar-refractivity contribution in [2.24, 2.45) is 5.41 Å². The summed E-state index contributed by atoms with van der Waals surface area (Å²) in [5.41, 5.74) is 2.45. The van der Waals surface area contributed by atoms with Crippen LogP contribution in [0, 0.1) is 19.3 Å². The van der Waals surface area contributed by atoms with Gasteiger partial charge in [-0.2, -0.15) is 0 Å². The highest BCUT2D eigenvalue weighted by atomic mass is 16.5. The number of aromatic nitrogens is 1. The molecule has 3 nitrogen and oxygen atoms in total. The Labute approximate surface area is 92.2 Å². The summed E-state index contributed by atoms with van der Waals surface area (Å²) in [6, 6.07) is 0.464. The second-order valence-electron chi connectivity index (χ2n) is 5.27. The molecule has 1 unspecified atom stereocenters. The van der Waals surface area contributed by atoms with E-state index in [2.05, 4.69) is 38.2 Å². The van der Waals surface area contributed by atoms with E-state index in [0.29, 0.717) is 6.04 Å². The smallest absolute Gasteiger partial charge is 0.138 e. The molecule has 0 saturated heterocycles. The molecule has 0 aliphatic carbocycles. The second-order valence-corrected chi connectivity index (χ2v) is 5.27. The SMILES string of the molecule is Cc1noc(C)c1CNC(C)C(C)(C)C. The fourth-order valence-electron chi connectivity index (χ4n) is 1.32. The van der Waals surface area contributed by atoms with Crippen LogP contribution in [0.3, 0.4) is 0 Å². The maximum absolute atomic E-state index is 5.12. The highest BCUT2D eigenvalue weighted by Crippen LogP contribution is 2.20. The predicted octanol–water partition coefficient (Wildman–Crippen LogP) is 2.82. The zero-order valence-corrected chi connectivity index (χ0v) is 10.6. The van der Waals surface area contributed by atoms with Crippen molar-refractivity contribution in [3.63, 3.8) is 0 Å².